The van der Waals surface area contributed by atoms with Crippen molar-refractivity contribution in [2.45, 2.75) is 46.1 Å². The fourth-order valence-electron chi connectivity index (χ4n) is 1.91. The molecule has 0 aliphatic rings. The van der Waals surface area contributed by atoms with E-state index < -0.39 is 0 Å². The van der Waals surface area contributed by atoms with Crippen LogP contribution in [0.5, 0.6) is 0 Å². The minimum Gasteiger partial charge on any atom is -0.351 e. The standard InChI is InChI=1S/C16H25N3O2S/c1-4-6-7-9-17-16(21)19-14-10-13(8-5-2)22-15(14)11-18-12(3)20/h5,10H,2,4,6-9,11H2,1,3H3,(H,18,20)(H2,17,19,21). The normalized spacial score (nSPS) is 10.1. The van der Waals surface area contributed by atoms with Gasteiger partial charge < -0.3 is 16.0 Å². The van der Waals surface area contributed by atoms with Crippen LogP contribution in [0.15, 0.2) is 18.7 Å². The Balaban J connectivity index is 2.63. The van der Waals surface area contributed by atoms with Gasteiger partial charge in [-0.05, 0) is 18.9 Å². The molecule has 0 unspecified atom stereocenters. The Bertz CT molecular complexity index is 511. The number of unbranched alkanes of at least 4 members (excludes halogenated alkanes) is 2. The van der Waals surface area contributed by atoms with Crippen LogP contribution < -0.4 is 16.0 Å². The van der Waals surface area contributed by atoms with Gasteiger partial charge in [-0.25, -0.2) is 4.79 Å². The van der Waals surface area contributed by atoms with E-state index in [1.54, 1.807) is 11.3 Å². The summed E-state index contributed by atoms with van der Waals surface area (Å²) in [6, 6.07) is 1.73. The van der Waals surface area contributed by atoms with Crippen LogP contribution in [0.2, 0.25) is 0 Å². The van der Waals surface area contributed by atoms with Crippen LogP contribution in [0, 0.1) is 0 Å². The molecule has 0 saturated heterocycles. The summed E-state index contributed by atoms with van der Waals surface area (Å²) in [5, 5.41) is 8.48. The zero-order chi connectivity index (χ0) is 16.4. The van der Waals surface area contributed by atoms with Crippen molar-refractivity contribution in [1.82, 2.24) is 10.6 Å². The third-order valence-electron chi connectivity index (χ3n) is 3.02. The summed E-state index contributed by atoms with van der Waals surface area (Å²) in [6.07, 6.45) is 5.78. The minimum atomic E-state index is -0.205. The highest BCUT2D eigenvalue weighted by molar-refractivity contribution is 7.12. The molecule has 0 fully saturated rings. The van der Waals surface area contributed by atoms with E-state index in [-0.39, 0.29) is 11.9 Å². The molecule has 1 heterocycles. The van der Waals surface area contributed by atoms with Crippen LogP contribution >= 0.6 is 11.3 Å². The van der Waals surface area contributed by atoms with Crippen molar-refractivity contribution in [2.24, 2.45) is 0 Å². The molecule has 122 valence electrons. The summed E-state index contributed by atoms with van der Waals surface area (Å²) in [5.74, 6) is -0.0892. The molecular formula is C16H25N3O2S. The lowest BCUT2D eigenvalue weighted by atomic mass is 10.2. The van der Waals surface area contributed by atoms with Crippen LogP contribution in [-0.4, -0.2) is 18.5 Å². The van der Waals surface area contributed by atoms with Crippen LogP contribution in [0.3, 0.4) is 0 Å². The van der Waals surface area contributed by atoms with Crippen molar-refractivity contribution < 1.29 is 9.59 Å². The second kappa shape index (κ2) is 10.00. The van der Waals surface area contributed by atoms with Gasteiger partial charge in [-0.1, -0.05) is 25.8 Å². The number of allylic oxidation sites excluding steroid dienone is 1. The van der Waals surface area contributed by atoms with Gasteiger partial charge in [0.15, 0.2) is 0 Å². The summed E-state index contributed by atoms with van der Waals surface area (Å²) in [5.41, 5.74) is 0.753. The summed E-state index contributed by atoms with van der Waals surface area (Å²) in [6.45, 7) is 8.42. The van der Waals surface area contributed by atoms with Crippen molar-refractivity contribution in [3.05, 3.63) is 28.5 Å². The molecule has 0 aromatic carbocycles. The zero-order valence-electron chi connectivity index (χ0n) is 13.3. The molecule has 0 radical (unpaired) electrons. The number of carbonyl (C=O) groups excluding carboxylic acids is 2. The highest BCUT2D eigenvalue weighted by Crippen LogP contribution is 2.28. The lowest BCUT2D eigenvalue weighted by molar-refractivity contribution is -0.119. The van der Waals surface area contributed by atoms with Gasteiger partial charge in [0.25, 0.3) is 0 Å². The number of urea groups is 1. The van der Waals surface area contributed by atoms with Crippen molar-refractivity contribution >= 4 is 29.0 Å². The van der Waals surface area contributed by atoms with E-state index in [4.69, 9.17) is 0 Å². The van der Waals surface area contributed by atoms with Gasteiger partial charge in [-0.15, -0.1) is 17.9 Å². The number of rotatable bonds is 9. The number of anilines is 1. The summed E-state index contributed by atoms with van der Waals surface area (Å²) < 4.78 is 0. The van der Waals surface area contributed by atoms with Gasteiger partial charge in [0, 0.05) is 23.2 Å². The monoisotopic (exact) mass is 323 g/mol. The number of thiophene rings is 1. The molecule has 0 aliphatic heterocycles. The van der Waals surface area contributed by atoms with Crippen molar-refractivity contribution in [3.8, 4) is 0 Å². The summed E-state index contributed by atoms with van der Waals surface area (Å²) in [7, 11) is 0. The predicted octanol–water partition coefficient (Wildman–Crippen LogP) is 3.42. The first kappa shape index (κ1) is 18.2. The third kappa shape index (κ3) is 6.76. The number of carbonyl (C=O) groups is 2. The lowest BCUT2D eigenvalue weighted by Crippen LogP contribution is -2.30. The molecule has 5 nitrogen and oxygen atoms in total. The van der Waals surface area contributed by atoms with Gasteiger partial charge in [-0.3, -0.25) is 4.79 Å². The number of amides is 3. The Kier molecular flexibility index (Phi) is 8.28. The Hall–Kier alpha value is -1.82. The highest BCUT2D eigenvalue weighted by atomic mass is 32.1. The largest absolute Gasteiger partial charge is 0.351 e. The van der Waals surface area contributed by atoms with Gasteiger partial charge in [0.05, 0.1) is 12.2 Å². The molecule has 1 rings (SSSR count). The van der Waals surface area contributed by atoms with Crippen LogP contribution in [0.4, 0.5) is 10.5 Å². The van der Waals surface area contributed by atoms with Gasteiger partial charge >= 0.3 is 6.03 Å². The maximum absolute atomic E-state index is 11.9. The molecule has 3 amide bonds. The summed E-state index contributed by atoms with van der Waals surface area (Å²) >= 11 is 1.57. The molecule has 0 spiro atoms. The van der Waals surface area contributed by atoms with E-state index in [2.05, 4.69) is 29.5 Å². The van der Waals surface area contributed by atoms with Crippen LogP contribution in [0.25, 0.3) is 0 Å². The molecular weight excluding hydrogens is 298 g/mol. The van der Waals surface area contributed by atoms with Crippen molar-refractivity contribution in [2.75, 3.05) is 11.9 Å². The number of nitrogens with one attached hydrogen (secondary N) is 3. The molecule has 0 bridgehead atoms. The molecule has 1 aromatic heterocycles. The topological polar surface area (TPSA) is 70.2 Å². The van der Waals surface area contributed by atoms with E-state index in [0.29, 0.717) is 13.1 Å². The Morgan fingerprint density at radius 3 is 2.73 bits per heavy atom. The maximum atomic E-state index is 11.9. The average molecular weight is 323 g/mol. The minimum absolute atomic E-state index is 0.0892. The fraction of sp³-hybridized carbons (Fsp3) is 0.500. The van der Waals surface area contributed by atoms with E-state index in [1.807, 2.05) is 12.1 Å². The molecule has 0 saturated carbocycles. The molecule has 1 aromatic rings. The first-order valence-electron chi connectivity index (χ1n) is 7.58. The van der Waals surface area contributed by atoms with E-state index in [1.165, 1.54) is 6.92 Å². The van der Waals surface area contributed by atoms with Crippen LogP contribution in [-0.2, 0) is 17.8 Å². The van der Waals surface area contributed by atoms with Gasteiger partial charge in [-0.2, -0.15) is 0 Å². The summed E-state index contributed by atoms with van der Waals surface area (Å²) in [4.78, 5) is 25.0. The van der Waals surface area contributed by atoms with Gasteiger partial charge in [0.1, 0.15) is 0 Å². The Labute approximate surface area is 136 Å². The van der Waals surface area contributed by atoms with Crippen LogP contribution in [0.1, 0.15) is 42.9 Å². The lowest BCUT2D eigenvalue weighted by Gasteiger charge is -2.08. The number of hydrogen-bond donors (Lipinski definition) is 3. The molecule has 6 heteroatoms. The second-order valence-electron chi connectivity index (χ2n) is 5.04. The van der Waals surface area contributed by atoms with Crippen molar-refractivity contribution in [1.29, 1.82) is 0 Å². The first-order chi connectivity index (χ1) is 10.6. The van der Waals surface area contributed by atoms with E-state index >= 15 is 0 Å². The SMILES string of the molecule is C=CCc1cc(NC(=O)NCCCCC)c(CNC(C)=O)s1. The molecule has 3 N–H and O–H groups in total. The first-order valence-corrected chi connectivity index (χ1v) is 8.40. The highest BCUT2D eigenvalue weighted by Gasteiger charge is 2.11. The Morgan fingerprint density at radius 1 is 1.32 bits per heavy atom. The Morgan fingerprint density at radius 2 is 2.09 bits per heavy atom. The average Bonchev–Trinajstić information content (AvgIpc) is 2.83. The fourth-order valence-corrected chi connectivity index (χ4v) is 2.97. The smallest absolute Gasteiger partial charge is 0.319 e. The van der Waals surface area contributed by atoms with E-state index in [9.17, 15) is 9.59 Å². The van der Waals surface area contributed by atoms with Crippen molar-refractivity contribution in [3.63, 3.8) is 0 Å². The molecule has 0 atom stereocenters. The second-order valence-corrected chi connectivity index (χ2v) is 6.26. The zero-order valence-corrected chi connectivity index (χ0v) is 14.1. The van der Waals surface area contributed by atoms with Gasteiger partial charge in [0.2, 0.25) is 5.91 Å². The molecule has 0 aliphatic carbocycles. The predicted molar refractivity (Wildman–Crippen MR) is 92.3 cm³/mol. The van der Waals surface area contributed by atoms with E-state index in [0.717, 1.165) is 41.1 Å². The quantitative estimate of drug-likeness (QED) is 0.481. The molecule has 22 heavy (non-hydrogen) atoms. The number of hydrogen-bond acceptors (Lipinski definition) is 3. The maximum Gasteiger partial charge on any atom is 0.319 e. The third-order valence-corrected chi connectivity index (χ3v) is 4.17.